The van der Waals surface area contributed by atoms with E-state index in [0.717, 1.165) is 27.5 Å². The largest absolute Gasteiger partial charge is 0.468 e. The minimum absolute atomic E-state index is 0.392. The lowest BCUT2D eigenvalue weighted by atomic mass is 9.89. The van der Waals surface area contributed by atoms with Crippen LogP contribution in [-0.2, 0) is 14.3 Å². The number of benzene rings is 3. The number of ether oxygens (including phenoxy) is 3. The molecule has 0 radical (unpaired) electrons. The Kier molecular flexibility index (Phi) is 5.35. The van der Waals surface area contributed by atoms with Crippen LogP contribution in [0.4, 0.5) is 0 Å². The van der Waals surface area contributed by atoms with E-state index in [1.165, 1.54) is 7.11 Å². The molecular weight excluding hydrogens is 376 g/mol. The number of fused-ring (bicyclic) bond motifs is 3. The highest BCUT2D eigenvalue weighted by molar-refractivity contribution is 6.02. The summed E-state index contributed by atoms with van der Waals surface area (Å²) in [6, 6.07) is 22.0. The van der Waals surface area contributed by atoms with Crippen molar-refractivity contribution in [3.05, 3.63) is 77.9 Å². The van der Waals surface area contributed by atoms with Gasteiger partial charge in [0, 0.05) is 5.56 Å². The van der Waals surface area contributed by atoms with Crippen LogP contribution in [0.2, 0.25) is 0 Å². The normalized spacial score (nSPS) is 18.7. The van der Waals surface area contributed by atoms with Gasteiger partial charge in [0.05, 0.1) is 12.7 Å². The molecule has 0 bridgehead atoms. The summed E-state index contributed by atoms with van der Waals surface area (Å²) in [5, 5.41) is 2.16. The number of methoxy groups -OCH3 is 1. The zero-order chi connectivity index (χ0) is 21.3. The van der Waals surface area contributed by atoms with Gasteiger partial charge in [-0.1, -0.05) is 60.7 Å². The summed E-state index contributed by atoms with van der Waals surface area (Å²) < 4.78 is 17.8. The Morgan fingerprint density at radius 3 is 2.33 bits per heavy atom. The van der Waals surface area contributed by atoms with Gasteiger partial charge in [-0.25, -0.2) is 0 Å². The van der Waals surface area contributed by atoms with E-state index in [0.29, 0.717) is 5.75 Å². The van der Waals surface area contributed by atoms with E-state index in [-0.39, 0.29) is 0 Å². The highest BCUT2D eigenvalue weighted by Gasteiger charge is 2.40. The summed E-state index contributed by atoms with van der Waals surface area (Å²) in [7, 11) is 1.40. The van der Waals surface area contributed by atoms with Gasteiger partial charge in [0.2, 0.25) is 6.29 Å². The predicted molar refractivity (Wildman–Crippen MR) is 119 cm³/mol. The molecule has 0 unspecified atom stereocenters. The molecule has 3 aromatic carbocycles. The van der Waals surface area contributed by atoms with Crippen LogP contribution in [0.25, 0.3) is 22.4 Å². The Morgan fingerprint density at radius 2 is 1.63 bits per heavy atom. The molecule has 4 nitrogen and oxygen atoms in total. The quantitative estimate of drug-likeness (QED) is 0.527. The molecule has 1 aliphatic heterocycles. The van der Waals surface area contributed by atoms with Crippen LogP contribution in [-0.4, -0.2) is 25.0 Å². The maximum atomic E-state index is 13.0. The van der Waals surface area contributed by atoms with E-state index < -0.39 is 23.8 Å². The van der Waals surface area contributed by atoms with Gasteiger partial charge < -0.3 is 14.2 Å². The first-order valence-corrected chi connectivity index (χ1v) is 10.1. The average molecular weight is 402 g/mol. The Morgan fingerprint density at radius 1 is 0.933 bits per heavy atom. The minimum Gasteiger partial charge on any atom is -0.468 e. The molecule has 0 amide bonds. The molecule has 0 saturated carbocycles. The molecule has 0 aliphatic carbocycles. The maximum Gasteiger partial charge on any atom is 0.319 e. The number of carbonyl (C=O) groups excluding carboxylic acids is 1. The second-order valence-electron chi connectivity index (χ2n) is 8.38. The third-order valence-corrected chi connectivity index (χ3v) is 5.11. The van der Waals surface area contributed by atoms with Gasteiger partial charge in [0.15, 0.2) is 0 Å². The Labute approximate surface area is 177 Å². The van der Waals surface area contributed by atoms with Gasteiger partial charge in [-0.05, 0) is 54.8 Å². The topological polar surface area (TPSA) is 44.8 Å². The lowest BCUT2D eigenvalue weighted by Crippen LogP contribution is -2.41. The fourth-order valence-electron chi connectivity index (χ4n) is 3.81. The molecule has 30 heavy (non-hydrogen) atoms. The van der Waals surface area contributed by atoms with Crippen LogP contribution in [0.1, 0.15) is 31.9 Å². The van der Waals surface area contributed by atoms with E-state index in [1.807, 2.05) is 81.4 Å². The van der Waals surface area contributed by atoms with E-state index in [2.05, 4.69) is 12.1 Å². The maximum absolute atomic E-state index is 13.0. The Hall–Kier alpha value is -3.11. The summed E-state index contributed by atoms with van der Waals surface area (Å²) in [5.41, 5.74) is 2.16. The van der Waals surface area contributed by atoms with Crippen molar-refractivity contribution in [3.8, 4) is 5.75 Å². The van der Waals surface area contributed by atoms with Crippen LogP contribution in [0.3, 0.4) is 0 Å². The van der Waals surface area contributed by atoms with Crippen LogP contribution >= 0.6 is 0 Å². The second-order valence-corrected chi connectivity index (χ2v) is 8.38. The van der Waals surface area contributed by atoms with Gasteiger partial charge in [-0.3, -0.25) is 4.79 Å². The summed E-state index contributed by atoms with van der Waals surface area (Å²) in [5.74, 6) is -0.443. The molecule has 1 heterocycles. The van der Waals surface area contributed by atoms with E-state index in [9.17, 15) is 4.79 Å². The fourth-order valence-corrected chi connectivity index (χ4v) is 3.81. The molecule has 4 heteroatoms. The average Bonchev–Trinajstić information content (AvgIpc) is 2.89. The summed E-state index contributed by atoms with van der Waals surface area (Å²) in [6.45, 7) is 5.84. The fraction of sp³-hybridized carbons (Fsp3) is 0.269. The monoisotopic (exact) mass is 402 g/mol. The molecule has 4 rings (SSSR count). The first-order valence-electron chi connectivity index (χ1n) is 10.1. The molecule has 1 aliphatic rings. The number of esters is 1. The molecule has 0 saturated heterocycles. The Balaban J connectivity index is 1.99. The summed E-state index contributed by atoms with van der Waals surface area (Å²) in [6.07, 6.45) is 1.21. The van der Waals surface area contributed by atoms with Gasteiger partial charge >= 0.3 is 5.97 Å². The molecule has 0 N–H and O–H groups in total. The van der Waals surface area contributed by atoms with Gasteiger partial charge in [-0.15, -0.1) is 0 Å². The Bertz CT molecular complexity index is 1090. The van der Waals surface area contributed by atoms with Crippen molar-refractivity contribution < 1.29 is 19.0 Å². The molecule has 3 aromatic rings. The molecule has 154 valence electrons. The molecule has 0 spiro atoms. The van der Waals surface area contributed by atoms with Gasteiger partial charge in [0.1, 0.15) is 11.7 Å². The predicted octanol–water partition coefficient (Wildman–Crippen LogP) is 5.70. The lowest BCUT2D eigenvalue weighted by molar-refractivity contribution is -0.183. The van der Waals surface area contributed by atoms with E-state index in [1.54, 1.807) is 0 Å². The van der Waals surface area contributed by atoms with Crippen molar-refractivity contribution in [1.82, 2.24) is 0 Å². The van der Waals surface area contributed by atoms with Crippen molar-refractivity contribution in [2.45, 2.75) is 32.7 Å². The van der Waals surface area contributed by atoms with Crippen molar-refractivity contribution in [3.63, 3.8) is 0 Å². The minimum atomic E-state index is -0.827. The third-order valence-electron chi connectivity index (χ3n) is 5.11. The van der Waals surface area contributed by atoms with E-state index >= 15 is 0 Å². The summed E-state index contributed by atoms with van der Waals surface area (Å²) in [4.78, 5) is 13.0. The summed E-state index contributed by atoms with van der Waals surface area (Å²) >= 11 is 0. The third kappa shape index (κ3) is 3.96. The van der Waals surface area contributed by atoms with Gasteiger partial charge in [-0.2, -0.15) is 0 Å². The molecular formula is C26H26O4. The highest BCUT2D eigenvalue weighted by Crippen LogP contribution is 2.41. The number of hydrogen-bond donors (Lipinski definition) is 0. The van der Waals surface area contributed by atoms with Crippen LogP contribution in [0.5, 0.6) is 5.75 Å². The number of carbonyl (C=O) groups is 1. The SMILES string of the molecule is COC(=O)[C@H]1C(c2ccccc2)=Cc2c(ccc3ccccc23)O[C@@H]1OC(C)(C)C. The van der Waals surface area contributed by atoms with E-state index in [4.69, 9.17) is 14.2 Å². The first-order chi connectivity index (χ1) is 14.4. The first kappa shape index (κ1) is 20.2. The van der Waals surface area contributed by atoms with Crippen molar-refractivity contribution >= 4 is 28.4 Å². The standard InChI is InChI=1S/C26H26O4/c1-26(2,3)30-25-23(24(27)28-4)20(17-10-6-5-7-11-17)16-21-19-13-9-8-12-18(19)14-15-22(21)29-25/h5-16,23,25H,1-4H3/t23-,25-/m1/s1. The number of rotatable bonds is 3. The smallest absolute Gasteiger partial charge is 0.319 e. The van der Waals surface area contributed by atoms with Crippen LogP contribution in [0, 0.1) is 5.92 Å². The molecule has 0 fully saturated rings. The number of hydrogen-bond acceptors (Lipinski definition) is 4. The lowest BCUT2D eigenvalue weighted by Gasteiger charge is -2.32. The van der Waals surface area contributed by atoms with Crippen LogP contribution < -0.4 is 4.74 Å². The van der Waals surface area contributed by atoms with Crippen molar-refractivity contribution in [2.24, 2.45) is 5.92 Å². The van der Waals surface area contributed by atoms with Crippen molar-refractivity contribution in [2.75, 3.05) is 7.11 Å². The molecule has 0 aromatic heterocycles. The van der Waals surface area contributed by atoms with Gasteiger partial charge in [0.25, 0.3) is 0 Å². The van der Waals surface area contributed by atoms with Crippen molar-refractivity contribution in [1.29, 1.82) is 0 Å². The zero-order valence-corrected chi connectivity index (χ0v) is 17.7. The molecule has 2 atom stereocenters. The second kappa shape index (κ2) is 7.96. The zero-order valence-electron chi connectivity index (χ0n) is 17.7. The van der Waals surface area contributed by atoms with Crippen LogP contribution in [0.15, 0.2) is 66.7 Å². The highest BCUT2D eigenvalue weighted by atomic mass is 16.7.